The number of aromatic carboxylic acids is 1. The normalized spacial score (nSPS) is 10.9. The number of unbranched alkanes of at least 4 members (excludes halogenated alkanes) is 4. The van der Waals surface area contributed by atoms with E-state index in [-0.39, 0.29) is 11.7 Å². The summed E-state index contributed by atoms with van der Waals surface area (Å²) >= 11 is 0. The lowest BCUT2D eigenvalue weighted by Crippen LogP contribution is -2.33. The molecule has 0 fully saturated rings. The van der Waals surface area contributed by atoms with Crippen LogP contribution in [0.5, 0.6) is 0 Å². The van der Waals surface area contributed by atoms with Crippen LogP contribution in [0, 0.1) is 0 Å². The first-order chi connectivity index (χ1) is 14.5. The third-order valence-corrected chi connectivity index (χ3v) is 5.13. The Morgan fingerprint density at radius 3 is 1.90 bits per heavy atom. The maximum atomic E-state index is 12.7. The Morgan fingerprint density at radius 2 is 1.37 bits per heavy atom. The number of carbonyl (C=O) groups is 2. The minimum atomic E-state index is -0.975. The fraction of sp³-hybridized carbons (Fsp3) is 0.667. The molecule has 1 N–H and O–H groups in total. The summed E-state index contributed by atoms with van der Waals surface area (Å²) < 4.78 is 5.57. The van der Waals surface area contributed by atoms with Gasteiger partial charge in [0.05, 0.1) is 12.2 Å². The third kappa shape index (κ3) is 10.1. The molecule has 1 aromatic rings. The maximum absolute atomic E-state index is 12.7. The summed E-state index contributed by atoms with van der Waals surface area (Å²) in [4.78, 5) is 27.9. The SMILES string of the molecule is CCCCCN(C(=O)OCCCN(CCCC)CCCC)c1ccc(C(=O)O)cc1. The topological polar surface area (TPSA) is 70.1 Å². The van der Waals surface area contributed by atoms with E-state index >= 15 is 0 Å². The summed E-state index contributed by atoms with van der Waals surface area (Å²) in [7, 11) is 0. The Hall–Kier alpha value is -2.08. The standard InChI is InChI=1S/C24H40N2O4/c1-4-7-10-19-26(22-14-12-21(13-15-22)23(27)28)24(29)30-20-11-18-25(16-8-5-2)17-9-6-3/h12-15H,4-11,16-20H2,1-3H3,(H,27,28). The van der Waals surface area contributed by atoms with E-state index in [1.165, 1.54) is 37.8 Å². The van der Waals surface area contributed by atoms with Gasteiger partial charge in [0.15, 0.2) is 0 Å². The lowest BCUT2D eigenvalue weighted by molar-refractivity contribution is 0.0697. The van der Waals surface area contributed by atoms with Gasteiger partial charge in [-0.2, -0.15) is 0 Å². The quantitative estimate of drug-likeness (QED) is 0.342. The molecule has 1 amide bonds. The highest BCUT2D eigenvalue weighted by molar-refractivity contribution is 5.90. The molecule has 6 nitrogen and oxygen atoms in total. The summed E-state index contributed by atoms with van der Waals surface area (Å²) in [5.74, 6) is -0.975. The Morgan fingerprint density at radius 1 is 0.800 bits per heavy atom. The van der Waals surface area contributed by atoms with Gasteiger partial charge >= 0.3 is 12.1 Å². The Bertz CT molecular complexity index is 596. The molecule has 0 aromatic heterocycles. The van der Waals surface area contributed by atoms with E-state index in [0.717, 1.165) is 45.3 Å². The van der Waals surface area contributed by atoms with Crippen molar-refractivity contribution in [2.75, 3.05) is 37.7 Å². The zero-order chi connectivity index (χ0) is 22.2. The van der Waals surface area contributed by atoms with Gasteiger partial charge in [0.1, 0.15) is 0 Å². The minimum absolute atomic E-state index is 0.208. The van der Waals surface area contributed by atoms with Crippen molar-refractivity contribution in [3.8, 4) is 0 Å². The molecule has 0 spiro atoms. The Labute approximate surface area is 182 Å². The molecule has 30 heavy (non-hydrogen) atoms. The molecule has 0 unspecified atom stereocenters. The number of ether oxygens (including phenoxy) is 1. The summed E-state index contributed by atoms with van der Waals surface area (Å²) in [5, 5.41) is 9.08. The number of anilines is 1. The summed E-state index contributed by atoms with van der Waals surface area (Å²) in [6, 6.07) is 6.40. The molecule has 0 aliphatic carbocycles. The molecule has 170 valence electrons. The van der Waals surface area contributed by atoms with Crippen molar-refractivity contribution >= 4 is 17.7 Å². The molecule has 0 aliphatic heterocycles. The van der Waals surface area contributed by atoms with Gasteiger partial charge in [-0.3, -0.25) is 4.90 Å². The Kier molecular flexibility index (Phi) is 13.6. The van der Waals surface area contributed by atoms with Gasteiger partial charge < -0.3 is 14.7 Å². The molecule has 1 rings (SSSR count). The zero-order valence-corrected chi connectivity index (χ0v) is 19.1. The van der Waals surface area contributed by atoms with E-state index in [0.29, 0.717) is 18.8 Å². The fourth-order valence-electron chi connectivity index (χ4n) is 3.25. The average molecular weight is 421 g/mol. The van der Waals surface area contributed by atoms with Crippen LogP contribution in [0.3, 0.4) is 0 Å². The van der Waals surface area contributed by atoms with Gasteiger partial charge in [-0.15, -0.1) is 0 Å². The van der Waals surface area contributed by atoms with Crippen LogP contribution < -0.4 is 4.90 Å². The molecule has 0 heterocycles. The molecule has 6 heteroatoms. The van der Waals surface area contributed by atoms with Crippen molar-refractivity contribution in [2.45, 2.75) is 72.1 Å². The molecule has 0 atom stereocenters. The first-order valence-corrected chi connectivity index (χ1v) is 11.5. The second-order valence-electron chi connectivity index (χ2n) is 7.73. The van der Waals surface area contributed by atoms with Crippen molar-refractivity contribution in [3.05, 3.63) is 29.8 Å². The van der Waals surface area contributed by atoms with Crippen LogP contribution in [0.4, 0.5) is 10.5 Å². The van der Waals surface area contributed by atoms with Crippen molar-refractivity contribution in [3.63, 3.8) is 0 Å². The van der Waals surface area contributed by atoms with Crippen molar-refractivity contribution in [1.82, 2.24) is 4.90 Å². The molecule has 0 radical (unpaired) electrons. The molecule has 0 saturated carbocycles. The number of hydrogen-bond acceptors (Lipinski definition) is 4. The highest BCUT2D eigenvalue weighted by Crippen LogP contribution is 2.18. The zero-order valence-electron chi connectivity index (χ0n) is 19.1. The largest absolute Gasteiger partial charge is 0.478 e. The third-order valence-electron chi connectivity index (χ3n) is 5.13. The van der Waals surface area contributed by atoms with Crippen LogP contribution in [0.25, 0.3) is 0 Å². The van der Waals surface area contributed by atoms with E-state index < -0.39 is 5.97 Å². The minimum Gasteiger partial charge on any atom is -0.478 e. The highest BCUT2D eigenvalue weighted by Gasteiger charge is 2.17. The number of carboxylic acid groups (broad SMARTS) is 1. The predicted molar refractivity (Wildman–Crippen MR) is 122 cm³/mol. The van der Waals surface area contributed by atoms with Crippen LogP contribution in [0.2, 0.25) is 0 Å². The second-order valence-corrected chi connectivity index (χ2v) is 7.73. The maximum Gasteiger partial charge on any atom is 0.414 e. The average Bonchev–Trinajstić information content (AvgIpc) is 2.75. The van der Waals surface area contributed by atoms with Crippen molar-refractivity contribution < 1.29 is 19.4 Å². The van der Waals surface area contributed by atoms with Gasteiger partial charge in [-0.05, 0) is 63.0 Å². The summed E-state index contributed by atoms with van der Waals surface area (Å²) in [6.07, 6.45) is 8.20. The number of rotatable bonds is 16. The summed E-state index contributed by atoms with van der Waals surface area (Å²) in [6.45, 7) is 10.6. The van der Waals surface area contributed by atoms with Crippen LogP contribution in [0.1, 0.15) is 82.5 Å². The first-order valence-electron chi connectivity index (χ1n) is 11.5. The van der Waals surface area contributed by atoms with Gasteiger partial charge in [-0.25, -0.2) is 9.59 Å². The smallest absolute Gasteiger partial charge is 0.414 e. The lowest BCUT2D eigenvalue weighted by atomic mass is 10.2. The summed E-state index contributed by atoms with van der Waals surface area (Å²) in [5.41, 5.74) is 0.883. The van der Waals surface area contributed by atoms with Gasteiger partial charge in [0.2, 0.25) is 0 Å². The molecule has 0 aliphatic rings. The van der Waals surface area contributed by atoms with Crippen LogP contribution in [-0.2, 0) is 4.74 Å². The fourth-order valence-corrected chi connectivity index (χ4v) is 3.25. The van der Waals surface area contributed by atoms with E-state index in [1.54, 1.807) is 17.0 Å². The van der Waals surface area contributed by atoms with E-state index in [9.17, 15) is 9.59 Å². The number of carboxylic acids is 1. The number of hydrogen-bond donors (Lipinski definition) is 1. The number of nitrogens with zero attached hydrogens (tertiary/aromatic N) is 2. The van der Waals surface area contributed by atoms with Gasteiger partial charge in [-0.1, -0.05) is 46.5 Å². The van der Waals surface area contributed by atoms with E-state index in [1.807, 2.05) is 0 Å². The van der Waals surface area contributed by atoms with E-state index in [4.69, 9.17) is 9.84 Å². The highest BCUT2D eigenvalue weighted by atomic mass is 16.6. The monoisotopic (exact) mass is 420 g/mol. The van der Waals surface area contributed by atoms with E-state index in [2.05, 4.69) is 25.7 Å². The van der Waals surface area contributed by atoms with Gasteiger partial charge in [0.25, 0.3) is 0 Å². The second kappa shape index (κ2) is 15.7. The lowest BCUT2D eigenvalue weighted by Gasteiger charge is -2.24. The number of benzene rings is 1. The van der Waals surface area contributed by atoms with Crippen LogP contribution in [-0.4, -0.2) is 54.9 Å². The van der Waals surface area contributed by atoms with Crippen molar-refractivity contribution in [2.24, 2.45) is 0 Å². The Balaban J connectivity index is 2.60. The predicted octanol–water partition coefficient (Wildman–Crippen LogP) is 5.81. The van der Waals surface area contributed by atoms with Gasteiger partial charge in [0, 0.05) is 18.8 Å². The van der Waals surface area contributed by atoms with Crippen LogP contribution in [0.15, 0.2) is 24.3 Å². The molecule has 1 aromatic carbocycles. The number of carbonyl (C=O) groups excluding carboxylic acids is 1. The molecular formula is C24H40N2O4. The molecular weight excluding hydrogens is 380 g/mol. The first kappa shape index (κ1) is 26.0. The molecule has 0 saturated heterocycles. The number of amides is 1. The van der Waals surface area contributed by atoms with Crippen LogP contribution >= 0.6 is 0 Å². The molecule has 0 bridgehead atoms. The van der Waals surface area contributed by atoms with Crippen molar-refractivity contribution in [1.29, 1.82) is 0 Å².